The lowest BCUT2D eigenvalue weighted by Gasteiger charge is -2.50. The van der Waals surface area contributed by atoms with Crippen LogP contribution in [0.5, 0.6) is 0 Å². The predicted molar refractivity (Wildman–Crippen MR) is 56.5 cm³/mol. The van der Waals surface area contributed by atoms with Gasteiger partial charge in [-0.05, 0) is 12.8 Å². The highest BCUT2D eigenvalue weighted by Crippen LogP contribution is 2.40. The molecular formula is C11H21NO3. The summed E-state index contributed by atoms with van der Waals surface area (Å²) in [4.78, 5) is 0. The highest BCUT2D eigenvalue weighted by Gasteiger charge is 2.46. The van der Waals surface area contributed by atoms with Crippen LogP contribution in [0.4, 0.5) is 0 Å². The van der Waals surface area contributed by atoms with Gasteiger partial charge in [0.05, 0.1) is 18.8 Å². The molecule has 3 atom stereocenters. The SMILES string of the molecule is CC1(C)C(O)CC1NCC1CCOCO1. The predicted octanol–water partition coefficient (Wildman–Crippen LogP) is 0.498. The maximum Gasteiger partial charge on any atom is 0.147 e. The van der Waals surface area contributed by atoms with E-state index in [2.05, 4.69) is 19.2 Å². The van der Waals surface area contributed by atoms with Gasteiger partial charge in [0.25, 0.3) is 0 Å². The van der Waals surface area contributed by atoms with Crippen LogP contribution in [0.1, 0.15) is 26.7 Å². The summed E-state index contributed by atoms with van der Waals surface area (Å²) in [7, 11) is 0. The Morgan fingerprint density at radius 3 is 2.80 bits per heavy atom. The van der Waals surface area contributed by atoms with Crippen LogP contribution < -0.4 is 5.32 Å². The Morgan fingerprint density at radius 1 is 1.47 bits per heavy atom. The van der Waals surface area contributed by atoms with Gasteiger partial charge in [0.1, 0.15) is 6.79 Å². The lowest BCUT2D eigenvalue weighted by molar-refractivity contribution is -0.142. The maximum absolute atomic E-state index is 9.59. The highest BCUT2D eigenvalue weighted by molar-refractivity contribution is 5.01. The second kappa shape index (κ2) is 4.37. The van der Waals surface area contributed by atoms with Gasteiger partial charge in [0.15, 0.2) is 0 Å². The first-order valence-electron chi connectivity index (χ1n) is 5.71. The van der Waals surface area contributed by atoms with E-state index >= 15 is 0 Å². The monoisotopic (exact) mass is 215 g/mol. The quantitative estimate of drug-likeness (QED) is 0.720. The van der Waals surface area contributed by atoms with Crippen LogP contribution >= 0.6 is 0 Å². The van der Waals surface area contributed by atoms with Crippen LogP contribution in [0.3, 0.4) is 0 Å². The first-order chi connectivity index (χ1) is 7.10. The van der Waals surface area contributed by atoms with Crippen LogP contribution in [0.15, 0.2) is 0 Å². The normalized spacial score (nSPS) is 39.8. The summed E-state index contributed by atoms with van der Waals surface area (Å²) in [6.07, 6.45) is 1.93. The van der Waals surface area contributed by atoms with Gasteiger partial charge in [-0.15, -0.1) is 0 Å². The minimum Gasteiger partial charge on any atom is -0.392 e. The van der Waals surface area contributed by atoms with Crippen molar-refractivity contribution in [2.24, 2.45) is 5.41 Å². The molecule has 2 N–H and O–H groups in total. The zero-order valence-corrected chi connectivity index (χ0v) is 9.53. The van der Waals surface area contributed by atoms with Crippen LogP contribution in [-0.4, -0.2) is 43.3 Å². The standard InChI is InChI=1S/C11H21NO3/c1-11(2)9(5-10(11)13)12-6-8-3-4-14-7-15-8/h8-10,12-13H,3-7H2,1-2H3. The van der Waals surface area contributed by atoms with E-state index in [-0.39, 0.29) is 17.6 Å². The molecule has 0 spiro atoms. The van der Waals surface area contributed by atoms with Crippen molar-refractivity contribution in [2.75, 3.05) is 19.9 Å². The Balaban J connectivity index is 1.70. The number of hydrogen-bond acceptors (Lipinski definition) is 4. The highest BCUT2D eigenvalue weighted by atomic mass is 16.7. The van der Waals surface area contributed by atoms with Gasteiger partial charge < -0.3 is 19.9 Å². The third-order valence-corrected chi connectivity index (χ3v) is 3.78. The van der Waals surface area contributed by atoms with E-state index in [1.54, 1.807) is 0 Å². The molecule has 0 aromatic heterocycles. The van der Waals surface area contributed by atoms with E-state index in [1.807, 2.05) is 0 Å². The summed E-state index contributed by atoms with van der Waals surface area (Å²) < 4.78 is 10.6. The minimum atomic E-state index is -0.161. The Kier molecular flexibility index (Phi) is 3.30. The minimum absolute atomic E-state index is 0.00513. The van der Waals surface area contributed by atoms with Crippen molar-refractivity contribution in [3.63, 3.8) is 0 Å². The summed E-state index contributed by atoms with van der Waals surface area (Å²) in [5.41, 5.74) is 0.00513. The van der Waals surface area contributed by atoms with Gasteiger partial charge in [0.2, 0.25) is 0 Å². The summed E-state index contributed by atoms with van der Waals surface area (Å²) in [5, 5.41) is 13.1. The van der Waals surface area contributed by atoms with E-state index in [1.165, 1.54) is 0 Å². The van der Waals surface area contributed by atoms with Crippen molar-refractivity contribution in [3.05, 3.63) is 0 Å². The summed E-state index contributed by atoms with van der Waals surface area (Å²) in [6.45, 7) is 6.28. The molecule has 4 heteroatoms. The Labute approximate surface area is 90.9 Å². The van der Waals surface area contributed by atoms with Crippen molar-refractivity contribution in [3.8, 4) is 0 Å². The van der Waals surface area contributed by atoms with Gasteiger partial charge in [-0.1, -0.05) is 13.8 Å². The zero-order valence-electron chi connectivity index (χ0n) is 9.53. The molecule has 2 rings (SSSR count). The molecule has 2 aliphatic rings. The first kappa shape index (κ1) is 11.3. The number of aliphatic hydroxyl groups is 1. The molecule has 2 fully saturated rings. The van der Waals surface area contributed by atoms with Crippen molar-refractivity contribution >= 4 is 0 Å². The van der Waals surface area contributed by atoms with Crippen molar-refractivity contribution in [1.29, 1.82) is 0 Å². The van der Waals surface area contributed by atoms with E-state index < -0.39 is 0 Å². The molecule has 1 saturated heterocycles. The summed E-state index contributed by atoms with van der Waals surface area (Å²) in [5.74, 6) is 0. The Hall–Kier alpha value is -0.160. The van der Waals surface area contributed by atoms with E-state index in [0.29, 0.717) is 12.8 Å². The van der Waals surface area contributed by atoms with E-state index in [9.17, 15) is 5.11 Å². The molecule has 3 unspecified atom stereocenters. The molecule has 1 heterocycles. The van der Waals surface area contributed by atoms with Crippen molar-refractivity contribution in [1.82, 2.24) is 5.32 Å². The number of hydrogen-bond donors (Lipinski definition) is 2. The largest absolute Gasteiger partial charge is 0.392 e. The van der Waals surface area contributed by atoms with E-state index in [0.717, 1.165) is 26.0 Å². The molecule has 0 aromatic carbocycles. The molecule has 0 aromatic rings. The van der Waals surface area contributed by atoms with Crippen LogP contribution in [0.2, 0.25) is 0 Å². The molecule has 4 nitrogen and oxygen atoms in total. The van der Waals surface area contributed by atoms with Gasteiger partial charge in [-0.2, -0.15) is 0 Å². The molecule has 0 amide bonds. The Morgan fingerprint density at radius 2 is 2.27 bits per heavy atom. The summed E-state index contributed by atoms with van der Waals surface area (Å²) >= 11 is 0. The molecule has 88 valence electrons. The van der Waals surface area contributed by atoms with Gasteiger partial charge in [-0.25, -0.2) is 0 Å². The second-order valence-electron chi connectivity index (χ2n) is 5.14. The van der Waals surface area contributed by atoms with Gasteiger partial charge in [-0.3, -0.25) is 0 Å². The van der Waals surface area contributed by atoms with Crippen LogP contribution in [-0.2, 0) is 9.47 Å². The number of nitrogens with one attached hydrogen (secondary N) is 1. The van der Waals surface area contributed by atoms with E-state index in [4.69, 9.17) is 9.47 Å². The topological polar surface area (TPSA) is 50.7 Å². The van der Waals surface area contributed by atoms with Crippen molar-refractivity contribution in [2.45, 2.75) is 44.9 Å². The average molecular weight is 215 g/mol. The third kappa shape index (κ3) is 2.33. The molecule has 1 aliphatic carbocycles. The molecule has 15 heavy (non-hydrogen) atoms. The molecular weight excluding hydrogens is 194 g/mol. The number of ether oxygens (including phenoxy) is 2. The first-order valence-corrected chi connectivity index (χ1v) is 5.71. The van der Waals surface area contributed by atoms with Crippen LogP contribution in [0, 0.1) is 5.41 Å². The average Bonchev–Trinajstić information content (AvgIpc) is 2.25. The molecule has 1 saturated carbocycles. The number of aliphatic hydroxyl groups excluding tert-OH is 1. The summed E-state index contributed by atoms with van der Waals surface area (Å²) in [6, 6.07) is 0.416. The molecule has 0 radical (unpaired) electrons. The van der Waals surface area contributed by atoms with Gasteiger partial charge >= 0.3 is 0 Å². The maximum atomic E-state index is 9.59. The molecule has 0 bridgehead atoms. The number of rotatable bonds is 3. The lowest BCUT2D eigenvalue weighted by Crippen LogP contribution is -2.61. The fourth-order valence-corrected chi connectivity index (χ4v) is 2.18. The molecule has 1 aliphatic heterocycles. The fourth-order valence-electron chi connectivity index (χ4n) is 2.18. The van der Waals surface area contributed by atoms with Gasteiger partial charge in [0, 0.05) is 18.0 Å². The van der Waals surface area contributed by atoms with Crippen molar-refractivity contribution < 1.29 is 14.6 Å². The second-order valence-corrected chi connectivity index (χ2v) is 5.14. The lowest BCUT2D eigenvalue weighted by atomic mass is 9.64. The zero-order chi connectivity index (χ0) is 10.9. The smallest absolute Gasteiger partial charge is 0.147 e. The Bertz CT molecular complexity index is 214. The van der Waals surface area contributed by atoms with Crippen LogP contribution in [0.25, 0.3) is 0 Å². The fraction of sp³-hybridized carbons (Fsp3) is 1.00. The third-order valence-electron chi connectivity index (χ3n) is 3.78.